The Morgan fingerprint density at radius 1 is 1.02 bits per heavy atom. The summed E-state index contributed by atoms with van der Waals surface area (Å²) in [7, 11) is 0. The second-order valence-electron chi connectivity index (χ2n) is 13.3. The van der Waals surface area contributed by atoms with Gasteiger partial charge in [-0.05, 0) is 93.3 Å². The molecule has 6 rings (SSSR count). The van der Waals surface area contributed by atoms with Gasteiger partial charge in [-0.3, -0.25) is 4.48 Å². The number of phenols is 1. The van der Waals surface area contributed by atoms with E-state index in [1.54, 1.807) is 17.0 Å². The number of aliphatic hydroxyl groups excluding tert-OH is 1. The highest BCUT2D eigenvalue weighted by molar-refractivity contribution is 9.11. The minimum atomic E-state index is -1.08. The fraction of sp³-hybridized carbons (Fsp3) is 0.559. The number of ether oxygens (including phenoxy) is 1. The zero-order chi connectivity index (χ0) is 33.1. The molecule has 0 radical (unpaired) electrons. The number of nitrogens with zero attached hydrogens (tertiary/aromatic N) is 3. The number of piperidine rings is 3. The van der Waals surface area contributed by atoms with E-state index in [0.717, 1.165) is 55.6 Å². The number of likely N-dealkylation sites (tertiary alicyclic amines) is 2. The largest absolute Gasteiger partial charge is 0.506 e. The Kier molecular flexibility index (Phi) is 10.8. The number of benzene rings is 2. The Balaban J connectivity index is 1.18. The molecule has 4 aliphatic rings. The van der Waals surface area contributed by atoms with E-state index in [1.165, 1.54) is 0 Å². The molecule has 0 saturated carbocycles. The zero-order valence-electron chi connectivity index (χ0n) is 26.5. The number of phenolic OH excluding ortho intramolecular Hbond substituents is 1. The lowest BCUT2D eigenvalue weighted by molar-refractivity contribution is -0.890. The highest BCUT2D eigenvalue weighted by Crippen LogP contribution is 2.36. The molecule has 0 spiro atoms. The summed E-state index contributed by atoms with van der Waals surface area (Å²) >= 11 is 6.79. The van der Waals surface area contributed by atoms with Gasteiger partial charge in [0.1, 0.15) is 18.4 Å². The molecule has 47 heavy (non-hydrogen) atoms. The van der Waals surface area contributed by atoms with Crippen molar-refractivity contribution in [1.29, 1.82) is 0 Å². The molecular weight excluding hydrogens is 734 g/mol. The van der Waals surface area contributed by atoms with Crippen molar-refractivity contribution in [2.45, 2.75) is 75.7 Å². The summed E-state index contributed by atoms with van der Waals surface area (Å²) < 4.78 is 7.22. The predicted molar refractivity (Wildman–Crippen MR) is 184 cm³/mol. The second-order valence-corrected chi connectivity index (χ2v) is 15.0. The minimum Gasteiger partial charge on any atom is -0.506 e. The van der Waals surface area contributed by atoms with Crippen LogP contribution in [0, 0.1) is 0 Å². The van der Waals surface area contributed by atoms with Crippen molar-refractivity contribution in [3.05, 3.63) is 56.5 Å². The molecular formula is C34H44Br2N5O6+. The van der Waals surface area contributed by atoms with Crippen LogP contribution in [0.5, 0.6) is 5.75 Å². The topological polar surface area (TPSA) is 131 Å². The molecule has 11 nitrogen and oxygen atoms in total. The third kappa shape index (κ3) is 7.49. The van der Waals surface area contributed by atoms with Gasteiger partial charge in [0.15, 0.2) is 0 Å². The number of nitrogens with one attached hydrogen (secondary N) is 2. The van der Waals surface area contributed by atoms with Crippen LogP contribution >= 0.6 is 31.9 Å². The molecule has 3 atom stereocenters. The number of halogens is 2. The fourth-order valence-electron chi connectivity index (χ4n) is 7.89. The normalized spacial score (nSPS) is 25.0. The van der Waals surface area contributed by atoms with Crippen LogP contribution in [0.4, 0.5) is 15.3 Å². The Morgan fingerprint density at radius 2 is 1.72 bits per heavy atom. The van der Waals surface area contributed by atoms with E-state index in [4.69, 9.17) is 4.74 Å². The molecule has 4 N–H and O–H groups in total. The van der Waals surface area contributed by atoms with E-state index in [1.807, 2.05) is 29.2 Å². The molecule has 4 aliphatic heterocycles. The Bertz CT molecular complexity index is 1460. The molecule has 0 aromatic heterocycles. The first-order valence-corrected chi connectivity index (χ1v) is 18.3. The van der Waals surface area contributed by atoms with Crippen molar-refractivity contribution in [2.24, 2.45) is 0 Å². The van der Waals surface area contributed by atoms with Gasteiger partial charge in [0.05, 0.1) is 21.5 Å². The molecule has 4 amide bonds. The Morgan fingerprint density at radius 3 is 2.43 bits per heavy atom. The summed E-state index contributed by atoms with van der Waals surface area (Å²) in [5.41, 5.74) is 2.68. The average molecular weight is 779 g/mol. The van der Waals surface area contributed by atoms with E-state index >= 15 is 0 Å². The summed E-state index contributed by atoms with van der Waals surface area (Å²) in [6, 6.07) is 11.2. The van der Waals surface area contributed by atoms with Gasteiger partial charge >= 0.3 is 18.0 Å². The predicted octanol–water partition coefficient (Wildman–Crippen LogP) is 4.77. The van der Waals surface area contributed by atoms with Crippen molar-refractivity contribution in [3.63, 3.8) is 0 Å². The van der Waals surface area contributed by atoms with Gasteiger partial charge in [0.25, 0.3) is 0 Å². The summed E-state index contributed by atoms with van der Waals surface area (Å²) in [5.74, 6) is -0.129. The number of carbonyl (C=O) groups is 3. The standard InChI is InChI=1S/C34H43Br2N5O6/c35-27-18-22(19-28(36)31(27)43)20-30(32(44)41(17-3-5-26(42)21-41)25-7-12-37-13-8-25)47-34(46)39-14-10-24(11-15-39)40-16-9-23-4-1-2-6-29(23)38-33(40)45/h1-2,4,6,18-19,24-26,30,37,42H,3,5,7-17,20-21H2,(H-,38,43,45)/p+1/t26-,30-,41-/m1/s1. The number of para-hydroxylation sites is 1. The third-order valence-electron chi connectivity index (χ3n) is 10.4. The lowest BCUT2D eigenvalue weighted by atomic mass is 9.93. The molecule has 254 valence electrons. The van der Waals surface area contributed by atoms with Crippen LogP contribution in [0.25, 0.3) is 0 Å². The van der Waals surface area contributed by atoms with E-state index in [-0.39, 0.29) is 40.7 Å². The highest BCUT2D eigenvalue weighted by atomic mass is 79.9. The number of hydrogen-bond acceptors (Lipinski definition) is 7. The molecule has 3 saturated heterocycles. The van der Waals surface area contributed by atoms with Crippen LogP contribution in [-0.2, 0) is 22.4 Å². The van der Waals surface area contributed by atoms with E-state index in [9.17, 15) is 24.6 Å². The van der Waals surface area contributed by atoms with Gasteiger partial charge in [0, 0.05) is 63.7 Å². The molecule has 3 fully saturated rings. The Labute approximate surface area is 292 Å². The number of amides is 4. The number of carbonyl (C=O) groups excluding carboxylic acids is 3. The maximum atomic E-state index is 14.8. The van der Waals surface area contributed by atoms with E-state index in [0.29, 0.717) is 60.9 Å². The lowest BCUT2D eigenvalue weighted by Gasteiger charge is -2.48. The smallest absolute Gasteiger partial charge is 0.410 e. The quantitative estimate of drug-likeness (QED) is 0.311. The minimum absolute atomic E-state index is 0.0129. The number of rotatable bonds is 6. The van der Waals surface area contributed by atoms with Crippen LogP contribution in [0.3, 0.4) is 0 Å². The molecule has 2 aromatic rings. The molecule has 0 aliphatic carbocycles. The highest BCUT2D eigenvalue weighted by Gasteiger charge is 2.51. The first-order valence-electron chi connectivity index (χ1n) is 16.7. The summed E-state index contributed by atoms with van der Waals surface area (Å²) in [5, 5.41) is 27.6. The second kappa shape index (κ2) is 14.8. The van der Waals surface area contributed by atoms with Gasteiger partial charge in [-0.15, -0.1) is 0 Å². The summed E-state index contributed by atoms with van der Waals surface area (Å²) in [6.07, 6.45) is 2.85. The van der Waals surface area contributed by atoms with Crippen molar-refractivity contribution in [1.82, 2.24) is 15.1 Å². The van der Waals surface area contributed by atoms with Crippen LogP contribution < -0.4 is 10.6 Å². The summed E-state index contributed by atoms with van der Waals surface area (Å²) in [6.45, 7) is 3.93. The molecule has 0 bridgehead atoms. The number of anilines is 1. The third-order valence-corrected chi connectivity index (χ3v) is 11.6. The lowest BCUT2D eigenvalue weighted by Crippen LogP contribution is -2.69. The maximum Gasteiger partial charge on any atom is 0.410 e. The Hall–Kier alpha value is -2.71. The van der Waals surface area contributed by atoms with Gasteiger partial charge in [-0.1, -0.05) is 18.2 Å². The van der Waals surface area contributed by atoms with Crippen LogP contribution in [-0.4, -0.2) is 113 Å². The van der Waals surface area contributed by atoms with Crippen molar-refractivity contribution < 1.29 is 33.8 Å². The number of aromatic hydroxyl groups is 1. The first kappa shape index (κ1) is 34.2. The van der Waals surface area contributed by atoms with E-state index in [2.05, 4.69) is 42.5 Å². The van der Waals surface area contributed by atoms with Crippen LogP contribution in [0.2, 0.25) is 0 Å². The SMILES string of the molecule is O=C(O[C@H](Cc1cc(Br)c(O)c(Br)c1)C(=O)[N@+]1(C2CCNCC2)CCC[C@@H](O)C1)N1CCC(N2CCc3ccccc3NC2=O)CC1. The number of urea groups is 1. The average Bonchev–Trinajstić information content (AvgIpc) is 3.25. The number of fused-ring (bicyclic) bond motifs is 1. The van der Waals surface area contributed by atoms with Gasteiger partial charge in [0.2, 0.25) is 6.10 Å². The number of hydrogen-bond donors (Lipinski definition) is 4. The summed E-state index contributed by atoms with van der Waals surface area (Å²) in [4.78, 5) is 45.2. The molecule has 13 heteroatoms. The van der Waals surface area contributed by atoms with Crippen LogP contribution in [0.1, 0.15) is 49.7 Å². The number of aliphatic hydroxyl groups is 1. The van der Waals surface area contributed by atoms with E-state index < -0.39 is 18.3 Å². The molecule has 2 aromatic carbocycles. The van der Waals surface area contributed by atoms with Crippen LogP contribution in [0.15, 0.2) is 45.3 Å². The molecule has 4 heterocycles. The maximum absolute atomic E-state index is 14.8. The van der Waals surface area contributed by atoms with Gasteiger partial charge in [-0.25, -0.2) is 14.4 Å². The molecule has 0 unspecified atom stereocenters. The first-order chi connectivity index (χ1) is 22.6. The monoisotopic (exact) mass is 776 g/mol. The fourth-order valence-corrected chi connectivity index (χ4v) is 9.17. The number of quaternary nitrogens is 1. The van der Waals surface area contributed by atoms with Gasteiger partial charge in [-0.2, -0.15) is 0 Å². The van der Waals surface area contributed by atoms with Crippen molar-refractivity contribution in [3.8, 4) is 5.75 Å². The van der Waals surface area contributed by atoms with Gasteiger partial charge < -0.3 is 35.4 Å². The van der Waals surface area contributed by atoms with Crippen molar-refractivity contribution >= 4 is 55.6 Å². The zero-order valence-corrected chi connectivity index (χ0v) is 29.7. The van der Waals surface area contributed by atoms with Crippen molar-refractivity contribution in [2.75, 3.05) is 51.1 Å².